The van der Waals surface area contributed by atoms with Crippen molar-refractivity contribution in [2.24, 2.45) is 5.10 Å². The van der Waals surface area contributed by atoms with E-state index in [0.29, 0.717) is 5.92 Å². The lowest BCUT2D eigenvalue weighted by Crippen LogP contribution is -2.48. The zero-order chi connectivity index (χ0) is 19.6. The molecule has 0 aliphatic carbocycles. The normalized spacial score (nSPS) is 18.4. The van der Waals surface area contributed by atoms with Gasteiger partial charge in [0.1, 0.15) is 0 Å². The molecule has 1 aromatic heterocycles. The zero-order valence-corrected chi connectivity index (χ0v) is 16.1. The first-order valence-electron chi connectivity index (χ1n) is 9.13. The molecule has 0 saturated carbocycles. The molecule has 0 saturated heterocycles. The Morgan fingerprint density at radius 2 is 2.22 bits per heavy atom. The average Bonchev–Trinajstić information content (AvgIpc) is 2.62. The van der Waals surface area contributed by atoms with Crippen LogP contribution in [0.5, 0.6) is 0 Å². The SMILES string of the molecule is CCN1c2ccc(/C=N/Nc3ncccc3[N+](=O)[O-])cc2C(C)CC1(C)C. The van der Waals surface area contributed by atoms with E-state index < -0.39 is 4.92 Å². The lowest BCUT2D eigenvalue weighted by molar-refractivity contribution is -0.384. The van der Waals surface area contributed by atoms with Gasteiger partial charge in [0.05, 0.1) is 11.1 Å². The van der Waals surface area contributed by atoms with Crippen molar-refractivity contribution in [2.75, 3.05) is 16.9 Å². The van der Waals surface area contributed by atoms with Gasteiger partial charge in [0, 0.05) is 30.0 Å². The minimum Gasteiger partial charge on any atom is -0.366 e. The molecule has 7 nitrogen and oxygen atoms in total. The van der Waals surface area contributed by atoms with Gasteiger partial charge in [-0.3, -0.25) is 15.5 Å². The molecule has 0 spiro atoms. The van der Waals surface area contributed by atoms with E-state index in [9.17, 15) is 10.1 Å². The number of aromatic nitrogens is 1. The molecule has 1 atom stereocenters. The van der Waals surface area contributed by atoms with Crippen molar-refractivity contribution in [1.82, 2.24) is 4.98 Å². The van der Waals surface area contributed by atoms with E-state index in [-0.39, 0.29) is 17.0 Å². The number of rotatable bonds is 5. The van der Waals surface area contributed by atoms with Crippen LogP contribution in [0.2, 0.25) is 0 Å². The number of hydrogen-bond donors (Lipinski definition) is 1. The summed E-state index contributed by atoms with van der Waals surface area (Å²) in [5.41, 5.74) is 6.23. The standard InChI is InChI=1S/C20H25N5O2/c1-5-24-17-9-8-15(11-16(17)14(2)12-20(24,3)4)13-22-23-19-18(25(26)27)7-6-10-21-19/h6-11,13-14H,5,12H2,1-4H3,(H,21,23)/b22-13+. The van der Waals surface area contributed by atoms with Gasteiger partial charge in [-0.15, -0.1) is 0 Å². The first kappa shape index (κ1) is 18.8. The number of hydrazone groups is 1. The topological polar surface area (TPSA) is 83.7 Å². The van der Waals surface area contributed by atoms with E-state index >= 15 is 0 Å². The van der Waals surface area contributed by atoms with E-state index in [1.54, 1.807) is 6.21 Å². The molecule has 0 bridgehead atoms. The quantitative estimate of drug-likeness (QED) is 0.476. The number of hydrogen-bond acceptors (Lipinski definition) is 6. The van der Waals surface area contributed by atoms with Crippen LogP contribution in [-0.4, -0.2) is 28.2 Å². The Labute approximate surface area is 159 Å². The maximum absolute atomic E-state index is 11.0. The Bertz CT molecular complexity index is 878. The highest BCUT2D eigenvalue weighted by molar-refractivity contribution is 5.82. The monoisotopic (exact) mass is 367 g/mol. The van der Waals surface area contributed by atoms with Gasteiger partial charge in [-0.05, 0) is 62.4 Å². The van der Waals surface area contributed by atoms with E-state index in [1.807, 2.05) is 6.07 Å². The largest absolute Gasteiger partial charge is 0.366 e. The van der Waals surface area contributed by atoms with Crippen LogP contribution < -0.4 is 10.3 Å². The van der Waals surface area contributed by atoms with Gasteiger partial charge >= 0.3 is 5.69 Å². The molecular formula is C20H25N5O2. The van der Waals surface area contributed by atoms with Crippen molar-refractivity contribution in [2.45, 2.75) is 45.6 Å². The summed E-state index contributed by atoms with van der Waals surface area (Å²) in [6.07, 6.45) is 4.25. The molecule has 0 radical (unpaired) electrons. The van der Waals surface area contributed by atoms with Crippen LogP contribution in [0.15, 0.2) is 41.6 Å². The summed E-state index contributed by atoms with van der Waals surface area (Å²) < 4.78 is 0. The zero-order valence-electron chi connectivity index (χ0n) is 16.1. The van der Waals surface area contributed by atoms with Crippen LogP contribution >= 0.6 is 0 Å². The van der Waals surface area contributed by atoms with Gasteiger partial charge in [0.15, 0.2) is 0 Å². The van der Waals surface area contributed by atoms with Crippen LogP contribution in [0.1, 0.15) is 51.2 Å². The van der Waals surface area contributed by atoms with E-state index in [1.165, 1.54) is 29.6 Å². The van der Waals surface area contributed by atoms with Gasteiger partial charge in [-0.25, -0.2) is 4.98 Å². The summed E-state index contributed by atoms with van der Waals surface area (Å²) in [6.45, 7) is 9.97. The molecule has 2 heterocycles. The summed E-state index contributed by atoms with van der Waals surface area (Å²) in [5, 5.41) is 15.2. The van der Waals surface area contributed by atoms with E-state index in [0.717, 1.165) is 18.5 Å². The Morgan fingerprint density at radius 1 is 1.44 bits per heavy atom. The Kier molecular flexibility index (Phi) is 5.12. The predicted molar refractivity (Wildman–Crippen MR) is 109 cm³/mol. The van der Waals surface area contributed by atoms with E-state index in [4.69, 9.17) is 0 Å². The van der Waals surface area contributed by atoms with Crippen molar-refractivity contribution in [3.05, 3.63) is 57.8 Å². The van der Waals surface area contributed by atoms with Crippen molar-refractivity contribution in [1.29, 1.82) is 0 Å². The van der Waals surface area contributed by atoms with Crippen molar-refractivity contribution < 1.29 is 4.92 Å². The minimum absolute atomic E-state index is 0.102. The Morgan fingerprint density at radius 3 is 2.93 bits per heavy atom. The minimum atomic E-state index is -0.480. The van der Waals surface area contributed by atoms with Crippen molar-refractivity contribution in [3.8, 4) is 0 Å². The fourth-order valence-corrected chi connectivity index (χ4v) is 3.99. The molecule has 7 heteroatoms. The summed E-state index contributed by atoms with van der Waals surface area (Å²) in [6, 6.07) is 9.23. The second-order valence-corrected chi connectivity index (χ2v) is 7.48. The Balaban J connectivity index is 1.83. The van der Waals surface area contributed by atoms with Gasteiger partial charge in [-0.2, -0.15) is 5.10 Å². The maximum atomic E-state index is 11.0. The second kappa shape index (κ2) is 7.34. The van der Waals surface area contributed by atoms with Crippen LogP contribution in [0, 0.1) is 10.1 Å². The molecule has 27 heavy (non-hydrogen) atoms. The third-order valence-corrected chi connectivity index (χ3v) is 5.09. The molecular weight excluding hydrogens is 342 g/mol. The molecule has 1 aliphatic rings. The van der Waals surface area contributed by atoms with Gasteiger partial charge in [-0.1, -0.05) is 13.0 Å². The summed E-state index contributed by atoms with van der Waals surface area (Å²) in [7, 11) is 0. The molecule has 142 valence electrons. The third kappa shape index (κ3) is 3.77. The molecule has 2 aromatic rings. The fraction of sp³-hybridized carbons (Fsp3) is 0.400. The lowest BCUT2D eigenvalue weighted by atomic mass is 9.79. The van der Waals surface area contributed by atoms with Gasteiger partial charge < -0.3 is 4.90 Å². The molecule has 0 fully saturated rings. The number of nitrogens with zero attached hydrogens (tertiary/aromatic N) is 4. The Hall–Kier alpha value is -2.96. The smallest absolute Gasteiger partial charge is 0.313 e. The van der Waals surface area contributed by atoms with Crippen molar-refractivity contribution in [3.63, 3.8) is 0 Å². The third-order valence-electron chi connectivity index (χ3n) is 5.09. The highest BCUT2D eigenvalue weighted by atomic mass is 16.6. The molecule has 1 aromatic carbocycles. The van der Waals surface area contributed by atoms with Gasteiger partial charge in [0.25, 0.3) is 0 Å². The summed E-state index contributed by atoms with van der Waals surface area (Å²) in [5.74, 6) is 0.583. The number of nitro groups is 1. The number of benzene rings is 1. The lowest BCUT2D eigenvalue weighted by Gasteiger charge is -2.47. The maximum Gasteiger partial charge on any atom is 0.313 e. The number of anilines is 2. The van der Waals surface area contributed by atoms with E-state index in [2.05, 4.69) is 60.2 Å². The molecule has 1 N–H and O–H groups in total. The fourth-order valence-electron chi connectivity index (χ4n) is 3.99. The number of nitrogens with one attached hydrogen (secondary N) is 1. The van der Waals surface area contributed by atoms with Crippen LogP contribution in [0.25, 0.3) is 0 Å². The van der Waals surface area contributed by atoms with Crippen LogP contribution in [0.4, 0.5) is 17.2 Å². The first-order chi connectivity index (χ1) is 12.8. The van der Waals surface area contributed by atoms with Crippen molar-refractivity contribution >= 4 is 23.4 Å². The highest BCUT2D eigenvalue weighted by Crippen LogP contribution is 2.43. The highest BCUT2D eigenvalue weighted by Gasteiger charge is 2.35. The van der Waals surface area contributed by atoms with Gasteiger partial charge in [0.2, 0.25) is 5.82 Å². The first-order valence-corrected chi connectivity index (χ1v) is 9.13. The summed E-state index contributed by atoms with van der Waals surface area (Å²) >= 11 is 0. The van der Waals surface area contributed by atoms with Crippen LogP contribution in [-0.2, 0) is 0 Å². The summed E-state index contributed by atoms with van der Waals surface area (Å²) in [4.78, 5) is 17.0. The molecule has 0 amide bonds. The number of fused-ring (bicyclic) bond motifs is 1. The predicted octanol–water partition coefficient (Wildman–Crippen LogP) is 4.55. The molecule has 3 rings (SSSR count). The second-order valence-electron chi connectivity index (χ2n) is 7.48. The molecule has 1 unspecified atom stereocenters. The average molecular weight is 367 g/mol. The molecule has 1 aliphatic heterocycles. The van der Waals surface area contributed by atoms with Crippen LogP contribution in [0.3, 0.4) is 0 Å². The number of pyridine rings is 1.